The summed E-state index contributed by atoms with van der Waals surface area (Å²) in [5.74, 6) is -0.429. The molecule has 186 valence electrons. The van der Waals surface area contributed by atoms with Crippen molar-refractivity contribution in [3.05, 3.63) is 83.4 Å². The minimum absolute atomic E-state index is 0.0000113. The van der Waals surface area contributed by atoms with E-state index in [0.717, 1.165) is 11.1 Å². The zero-order valence-electron chi connectivity index (χ0n) is 20.2. The van der Waals surface area contributed by atoms with Gasteiger partial charge in [0.25, 0.3) is 26.0 Å². The maximum absolute atomic E-state index is 13.1. The molecule has 0 saturated carbocycles. The molecule has 0 fully saturated rings. The third-order valence-corrected chi connectivity index (χ3v) is 7.68. The molecule has 3 aromatic carbocycles. The summed E-state index contributed by atoms with van der Waals surface area (Å²) in [4.78, 5) is 12.7. The molecule has 3 aromatic rings. The number of anilines is 2. The first-order valence-electron chi connectivity index (χ1n) is 10.8. The molecule has 0 unspecified atom stereocenters. The Morgan fingerprint density at radius 1 is 0.657 bits per heavy atom. The van der Waals surface area contributed by atoms with Crippen molar-refractivity contribution in [2.24, 2.45) is 0 Å². The van der Waals surface area contributed by atoms with Crippen LogP contribution in [0.25, 0.3) is 0 Å². The highest BCUT2D eigenvalue weighted by molar-refractivity contribution is 7.93. The van der Waals surface area contributed by atoms with E-state index in [0.29, 0.717) is 0 Å². The van der Waals surface area contributed by atoms with Crippen LogP contribution in [0.15, 0.2) is 76.5 Å². The fourth-order valence-corrected chi connectivity index (χ4v) is 5.26. The lowest BCUT2D eigenvalue weighted by atomic mass is 10.1. The van der Waals surface area contributed by atoms with Crippen molar-refractivity contribution in [2.45, 2.75) is 49.9 Å². The van der Waals surface area contributed by atoms with Gasteiger partial charge in [-0.1, -0.05) is 35.4 Å². The van der Waals surface area contributed by atoms with Gasteiger partial charge in [-0.25, -0.2) is 16.8 Å². The molecule has 0 aliphatic rings. The number of benzene rings is 3. The van der Waals surface area contributed by atoms with Crippen LogP contribution in [0.3, 0.4) is 0 Å². The van der Waals surface area contributed by atoms with Crippen molar-refractivity contribution in [3.8, 4) is 0 Å². The maximum Gasteiger partial charge on any atom is 0.261 e. The van der Waals surface area contributed by atoms with E-state index in [2.05, 4.69) is 14.8 Å². The molecule has 10 heteroatoms. The number of hydrogen-bond acceptors (Lipinski definition) is 5. The number of carbonyl (C=O) groups is 1. The number of nitrogens with one attached hydrogen (secondary N) is 3. The number of hydrogen-bond donors (Lipinski definition) is 3. The first-order valence-corrected chi connectivity index (χ1v) is 13.8. The number of carbonyl (C=O) groups excluding carboxylic acids is 1. The second kappa shape index (κ2) is 9.71. The average molecular weight is 516 g/mol. The Labute approximate surface area is 206 Å². The minimum atomic E-state index is -4.07. The third-order valence-electron chi connectivity index (χ3n) is 4.92. The maximum atomic E-state index is 13.1. The molecule has 35 heavy (non-hydrogen) atoms. The van der Waals surface area contributed by atoms with E-state index in [9.17, 15) is 21.6 Å². The molecule has 0 aromatic heterocycles. The summed E-state index contributed by atoms with van der Waals surface area (Å²) in [6.07, 6.45) is 0. The van der Waals surface area contributed by atoms with Crippen LogP contribution in [0.4, 0.5) is 11.4 Å². The fraction of sp³-hybridized carbons (Fsp3) is 0.240. The zero-order chi connectivity index (χ0) is 26.0. The van der Waals surface area contributed by atoms with E-state index in [1.807, 2.05) is 34.6 Å². The van der Waals surface area contributed by atoms with Gasteiger partial charge in [-0.15, -0.1) is 0 Å². The van der Waals surface area contributed by atoms with Crippen LogP contribution in [0.2, 0.25) is 0 Å². The molecule has 0 radical (unpaired) electrons. The Morgan fingerprint density at radius 2 is 1.09 bits per heavy atom. The lowest BCUT2D eigenvalue weighted by Gasteiger charge is -2.21. The Hall–Kier alpha value is -3.37. The zero-order valence-corrected chi connectivity index (χ0v) is 21.8. The number of rotatable bonds is 7. The molecule has 3 rings (SSSR count). The molecule has 3 N–H and O–H groups in total. The molecule has 0 aliphatic heterocycles. The molecular formula is C25H29N3O5S2. The van der Waals surface area contributed by atoms with Gasteiger partial charge >= 0.3 is 0 Å². The van der Waals surface area contributed by atoms with Crippen molar-refractivity contribution >= 4 is 37.3 Å². The van der Waals surface area contributed by atoms with Crippen LogP contribution in [-0.2, 0) is 20.0 Å². The Kier molecular flexibility index (Phi) is 7.28. The van der Waals surface area contributed by atoms with Crippen molar-refractivity contribution in [1.29, 1.82) is 0 Å². The highest BCUT2D eigenvalue weighted by atomic mass is 32.2. The van der Waals surface area contributed by atoms with E-state index < -0.39 is 31.5 Å². The number of sulfonamides is 2. The summed E-state index contributed by atoms with van der Waals surface area (Å²) < 4.78 is 56.9. The van der Waals surface area contributed by atoms with Crippen molar-refractivity contribution in [2.75, 3.05) is 9.44 Å². The number of aryl methyl sites for hydroxylation is 2. The van der Waals surface area contributed by atoms with Crippen LogP contribution in [0.1, 0.15) is 42.3 Å². The normalized spacial score (nSPS) is 12.1. The second-order valence-corrected chi connectivity index (χ2v) is 12.7. The molecule has 1 amide bonds. The van der Waals surface area contributed by atoms with E-state index in [-0.39, 0.29) is 26.7 Å². The van der Waals surface area contributed by atoms with E-state index in [1.165, 1.54) is 42.5 Å². The summed E-state index contributed by atoms with van der Waals surface area (Å²) in [6, 6.07) is 16.5. The lowest BCUT2D eigenvalue weighted by Crippen LogP contribution is -2.40. The van der Waals surface area contributed by atoms with Crippen LogP contribution in [0, 0.1) is 13.8 Å². The van der Waals surface area contributed by atoms with Gasteiger partial charge in [-0.3, -0.25) is 14.2 Å². The summed E-state index contributed by atoms with van der Waals surface area (Å²) in [6.45, 7) is 9.12. The Balaban J connectivity index is 2.04. The highest BCUT2D eigenvalue weighted by Crippen LogP contribution is 2.29. The van der Waals surface area contributed by atoms with Gasteiger partial charge in [0.1, 0.15) is 0 Å². The quantitative estimate of drug-likeness (QED) is 0.430. The van der Waals surface area contributed by atoms with E-state index in [1.54, 1.807) is 24.3 Å². The van der Waals surface area contributed by atoms with Gasteiger partial charge in [0, 0.05) is 11.1 Å². The van der Waals surface area contributed by atoms with Crippen molar-refractivity contribution in [1.82, 2.24) is 5.32 Å². The molecule has 0 saturated heterocycles. The molecule has 8 nitrogen and oxygen atoms in total. The van der Waals surface area contributed by atoms with Crippen LogP contribution in [-0.4, -0.2) is 28.3 Å². The molecule has 0 atom stereocenters. The van der Waals surface area contributed by atoms with Gasteiger partial charge in [0.2, 0.25) is 0 Å². The Bertz CT molecular complexity index is 1440. The van der Waals surface area contributed by atoms with Gasteiger partial charge in [-0.2, -0.15) is 0 Å². The van der Waals surface area contributed by atoms with Crippen LogP contribution in [0.5, 0.6) is 0 Å². The SMILES string of the molecule is Cc1ccc(S(=O)(=O)Nc2ccc(C(=O)NC(C)(C)C)cc2NS(=O)(=O)c2ccc(C)cc2)cc1. The van der Waals surface area contributed by atoms with Crippen LogP contribution < -0.4 is 14.8 Å². The second-order valence-electron chi connectivity index (χ2n) is 9.30. The third kappa shape index (κ3) is 6.83. The predicted molar refractivity (Wildman–Crippen MR) is 138 cm³/mol. The van der Waals surface area contributed by atoms with Crippen molar-refractivity contribution < 1.29 is 21.6 Å². The van der Waals surface area contributed by atoms with E-state index in [4.69, 9.17) is 0 Å². The van der Waals surface area contributed by atoms with Gasteiger partial charge < -0.3 is 5.32 Å². The summed E-state index contributed by atoms with van der Waals surface area (Å²) >= 11 is 0. The summed E-state index contributed by atoms with van der Waals surface area (Å²) in [7, 11) is -8.10. The molecule has 0 heterocycles. The number of amides is 1. The first kappa shape index (κ1) is 26.2. The predicted octanol–water partition coefficient (Wildman–Crippen LogP) is 4.43. The summed E-state index contributed by atoms with van der Waals surface area (Å²) in [5, 5.41) is 2.81. The lowest BCUT2D eigenvalue weighted by molar-refractivity contribution is 0.0919. The monoisotopic (exact) mass is 515 g/mol. The standard InChI is InChI=1S/C25H29N3O5S2/c1-17-6-11-20(12-7-17)34(30,31)27-22-15-10-19(24(29)26-25(3,4)5)16-23(22)28-35(32,33)21-13-8-18(2)9-14-21/h6-16,27-28H,1-5H3,(H,26,29). The van der Waals surface area contributed by atoms with Gasteiger partial charge in [-0.05, 0) is 77.1 Å². The van der Waals surface area contributed by atoms with Gasteiger partial charge in [0.15, 0.2) is 0 Å². The molecule has 0 aliphatic carbocycles. The van der Waals surface area contributed by atoms with Crippen LogP contribution >= 0.6 is 0 Å². The average Bonchev–Trinajstić information content (AvgIpc) is 2.74. The fourth-order valence-electron chi connectivity index (χ4n) is 3.11. The largest absolute Gasteiger partial charge is 0.347 e. The van der Waals surface area contributed by atoms with Gasteiger partial charge in [0.05, 0.1) is 21.2 Å². The van der Waals surface area contributed by atoms with Crippen molar-refractivity contribution in [3.63, 3.8) is 0 Å². The van der Waals surface area contributed by atoms with E-state index >= 15 is 0 Å². The highest BCUT2D eigenvalue weighted by Gasteiger charge is 2.22. The minimum Gasteiger partial charge on any atom is -0.347 e. The summed E-state index contributed by atoms with van der Waals surface area (Å²) in [5.41, 5.74) is 1.32. The molecular weight excluding hydrogens is 486 g/mol. The molecule has 0 spiro atoms. The first-order chi connectivity index (χ1) is 16.2. The Morgan fingerprint density at radius 3 is 1.51 bits per heavy atom. The smallest absolute Gasteiger partial charge is 0.261 e. The molecule has 0 bridgehead atoms. The topological polar surface area (TPSA) is 121 Å².